The zero-order valence-corrected chi connectivity index (χ0v) is 16.9. The third-order valence-corrected chi connectivity index (χ3v) is 4.83. The fraction of sp³-hybridized carbons (Fsp3) is 0.261. The van der Waals surface area contributed by atoms with Crippen molar-refractivity contribution >= 4 is 11.6 Å². The summed E-state index contributed by atoms with van der Waals surface area (Å²) in [5, 5.41) is 2.89. The molecule has 6 nitrogen and oxygen atoms in total. The number of hydrogen-bond acceptors (Lipinski definition) is 3. The number of carbonyl (C=O) groups excluding carboxylic acids is 1. The molecule has 0 spiro atoms. The molecule has 3 aromatic rings. The van der Waals surface area contributed by atoms with Crippen LogP contribution in [0.4, 0.5) is 5.69 Å². The standard InChI is InChI=1S/C23H25N3O3/c1-16(2)19-11-7-8-17(3)22(19)24-20(27)15-26-21(28)12-13-25(23(26)29)14-18-9-5-4-6-10-18/h4-13,16H,14-15H2,1-3H3,(H,24,27). The van der Waals surface area contributed by atoms with Crippen molar-refractivity contribution in [3.8, 4) is 0 Å². The second kappa shape index (κ2) is 8.73. The van der Waals surface area contributed by atoms with Crippen molar-refractivity contribution in [2.75, 3.05) is 5.32 Å². The molecule has 0 aliphatic heterocycles. The van der Waals surface area contributed by atoms with Crippen LogP contribution in [0.2, 0.25) is 0 Å². The summed E-state index contributed by atoms with van der Waals surface area (Å²) in [5.41, 5.74) is 2.62. The van der Waals surface area contributed by atoms with Crippen LogP contribution in [0, 0.1) is 6.92 Å². The number of aromatic nitrogens is 2. The maximum absolute atomic E-state index is 12.8. The molecule has 0 aliphatic rings. The smallest absolute Gasteiger partial charge is 0.324 e. The maximum Gasteiger partial charge on any atom is 0.331 e. The van der Waals surface area contributed by atoms with Crippen molar-refractivity contribution in [3.63, 3.8) is 0 Å². The molecule has 0 fully saturated rings. The lowest BCUT2D eigenvalue weighted by molar-refractivity contribution is -0.116. The molecule has 0 bridgehead atoms. The van der Waals surface area contributed by atoms with E-state index in [9.17, 15) is 14.4 Å². The van der Waals surface area contributed by atoms with Gasteiger partial charge in [0, 0.05) is 18.0 Å². The van der Waals surface area contributed by atoms with Gasteiger partial charge in [0.15, 0.2) is 0 Å². The van der Waals surface area contributed by atoms with Gasteiger partial charge in [0.2, 0.25) is 5.91 Å². The van der Waals surface area contributed by atoms with E-state index in [1.807, 2.05) is 69.3 Å². The molecular weight excluding hydrogens is 366 g/mol. The van der Waals surface area contributed by atoms with Gasteiger partial charge in [-0.05, 0) is 29.5 Å². The minimum absolute atomic E-state index is 0.229. The van der Waals surface area contributed by atoms with Crippen LogP contribution in [0.1, 0.15) is 36.5 Å². The highest BCUT2D eigenvalue weighted by molar-refractivity contribution is 5.92. The number of amides is 1. The molecule has 2 aromatic carbocycles. The predicted molar refractivity (Wildman–Crippen MR) is 114 cm³/mol. The Balaban J connectivity index is 1.85. The van der Waals surface area contributed by atoms with Crippen molar-refractivity contribution in [2.24, 2.45) is 0 Å². The summed E-state index contributed by atoms with van der Waals surface area (Å²) in [7, 11) is 0. The fourth-order valence-corrected chi connectivity index (χ4v) is 3.27. The maximum atomic E-state index is 12.8. The second-order valence-corrected chi connectivity index (χ2v) is 7.38. The first-order valence-electron chi connectivity index (χ1n) is 9.60. The van der Waals surface area contributed by atoms with E-state index in [-0.39, 0.29) is 12.5 Å². The Morgan fingerprint density at radius 1 is 1.00 bits per heavy atom. The van der Waals surface area contributed by atoms with Crippen LogP contribution in [0.5, 0.6) is 0 Å². The monoisotopic (exact) mass is 391 g/mol. The normalized spacial score (nSPS) is 10.9. The highest BCUT2D eigenvalue weighted by atomic mass is 16.2. The van der Waals surface area contributed by atoms with E-state index in [4.69, 9.17) is 0 Å². The van der Waals surface area contributed by atoms with Gasteiger partial charge in [0.1, 0.15) is 6.54 Å². The van der Waals surface area contributed by atoms with Crippen LogP contribution in [-0.4, -0.2) is 15.0 Å². The number of benzene rings is 2. The highest BCUT2D eigenvalue weighted by Crippen LogP contribution is 2.27. The Morgan fingerprint density at radius 3 is 2.41 bits per heavy atom. The van der Waals surface area contributed by atoms with Gasteiger partial charge in [0.25, 0.3) is 5.56 Å². The van der Waals surface area contributed by atoms with Gasteiger partial charge in [-0.1, -0.05) is 62.4 Å². The average Bonchev–Trinajstić information content (AvgIpc) is 2.69. The molecule has 1 heterocycles. The van der Waals surface area contributed by atoms with Gasteiger partial charge in [-0.3, -0.25) is 18.7 Å². The van der Waals surface area contributed by atoms with Gasteiger partial charge < -0.3 is 5.32 Å². The Morgan fingerprint density at radius 2 is 1.72 bits per heavy atom. The fourth-order valence-electron chi connectivity index (χ4n) is 3.27. The Kier molecular flexibility index (Phi) is 6.12. The van der Waals surface area contributed by atoms with Crippen LogP contribution < -0.4 is 16.6 Å². The number of aryl methyl sites for hydroxylation is 1. The van der Waals surface area contributed by atoms with Gasteiger partial charge in [-0.2, -0.15) is 0 Å². The molecule has 1 N–H and O–H groups in total. The van der Waals surface area contributed by atoms with E-state index in [0.717, 1.165) is 26.9 Å². The first-order valence-corrected chi connectivity index (χ1v) is 9.60. The number of carbonyl (C=O) groups is 1. The third-order valence-electron chi connectivity index (χ3n) is 4.83. The third kappa shape index (κ3) is 4.71. The summed E-state index contributed by atoms with van der Waals surface area (Å²) in [6.07, 6.45) is 1.46. The summed E-state index contributed by atoms with van der Waals surface area (Å²) < 4.78 is 2.39. The predicted octanol–water partition coefficient (Wildman–Crippen LogP) is 3.13. The quantitative estimate of drug-likeness (QED) is 0.702. The van der Waals surface area contributed by atoms with Crippen LogP contribution in [0.25, 0.3) is 0 Å². The summed E-state index contributed by atoms with van der Waals surface area (Å²) in [4.78, 5) is 37.7. The van der Waals surface area contributed by atoms with Gasteiger partial charge in [-0.15, -0.1) is 0 Å². The van der Waals surface area contributed by atoms with Gasteiger partial charge in [0.05, 0.1) is 6.54 Å². The van der Waals surface area contributed by atoms with Crippen LogP contribution in [0.15, 0.2) is 70.4 Å². The molecule has 0 atom stereocenters. The van der Waals surface area contributed by atoms with Crippen molar-refractivity contribution in [3.05, 3.63) is 98.3 Å². The van der Waals surface area contributed by atoms with E-state index in [2.05, 4.69) is 5.32 Å². The lowest BCUT2D eigenvalue weighted by Crippen LogP contribution is -2.42. The zero-order valence-electron chi connectivity index (χ0n) is 16.9. The number of nitrogens with zero attached hydrogens (tertiary/aromatic N) is 2. The molecule has 0 saturated carbocycles. The topological polar surface area (TPSA) is 73.1 Å². The van der Waals surface area contributed by atoms with Crippen LogP contribution in [-0.2, 0) is 17.9 Å². The van der Waals surface area contributed by atoms with Crippen molar-refractivity contribution < 1.29 is 4.79 Å². The largest absolute Gasteiger partial charge is 0.331 e. The van der Waals surface area contributed by atoms with E-state index >= 15 is 0 Å². The molecule has 0 radical (unpaired) electrons. The van der Waals surface area contributed by atoms with E-state index in [1.165, 1.54) is 16.8 Å². The summed E-state index contributed by atoms with van der Waals surface area (Å²) in [6, 6.07) is 16.6. The SMILES string of the molecule is Cc1cccc(C(C)C)c1NC(=O)Cn1c(=O)ccn(Cc2ccccc2)c1=O. The van der Waals surface area contributed by atoms with Crippen molar-refractivity contribution in [1.29, 1.82) is 0 Å². The van der Waals surface area contributed by atoms with Crippen LogP contribution >= 0.6 is 0 Å². The number of nitrogens with one attached hydrogen (secondary N) is 1. The van der Waals surface area contributed by atoms with Gasteiger partial charge in [-0.25, -0.2) is 4.79 Å². The minimum Gasteiger partial charge on any atom is -0.324 e. The van der Waals surface area contributed by atoms with Crippen molar-refractivity contribution in [1.82, 2.24) is 9.13 Å². The Bertz CT molecular complexity index is 1130. The van der Waals surface area contributed by atoms with Gasteiger partial charge >= 0.3 is 5.69 Å². The Labute approximate surface area is 169 Å². The molecule has 3 rings (SSSR count). The first-order chi connectivity index (χ1) is 13.9. The molecule has 150 valence electrons. The van der Waals surface area contributed by atoms with Crippen LogP contribution in [0.3, 0.4) is 0 Å². The molecular formula is C23H25N3O3. The molecule has 1 aromatic heterocycles. The molecule has 0 unspecified atom stereocenters. The molecule has 6 heteroatoms. The molecule has 1 amide bonds. The van der Waals surface area contributed by atoms with E-state index in [1.54, 1.807) is 0 Å². The van der Waals surface area contributed by atoms with E-state index < -0.39 is 17.2 Å². The lowest BCUT2D eigenvalue weighted by atomic mass is 9.98. The summed E-state index contributed by atoms with van der Waals surface area (Å²) >= 11 is 0. The highest BCUT2D eigenvalue weighted by Gasteiger charge is 2.14. The number of hydrogen-bond donors (Lipinski definition) is 1. The Hall–Kier alpha value is -3.41. The molecule has 0 saturated heterocycles. The number of anilines is 1. The minimum atomic E-state index is -0.509. The summed E-state index contributed by atoms with van der Waals surface area (Å²) in [6.45, 7) is 6.02. The first kappa shape index (κ1) is 20.3. The molecule has 29 heavy (non-hydrogen) atoms. The second-order valence-electron chi connectivity index (χ2n) is 7.38. The van der Waals surface area contributed by atoms with E-state index in [0.29, 0.717) is 6.54 Å². The zero-order chi connectivity index (χ0) is 21.0. The number of para-hydroxylation sites is 1. The summed E-state index contributed by atoms with van der Waals surface area (Å²) in [5.74, 6) is -0.175. The molecule has 0 aliphatic carbocycles. The lowest BCUT2D eigenvalue weighted by Gasteiger charge is -2.17. The average molecular weight is 391 g/mol. The number of rotatable bonds is 6. The van der Waals surface area contributed by atoms with Crippen molar-refractivity contribution in [2.45, 2.75) is 39.8 Å².